The minimum absolute atomic E-state index is 0.522. The van der Waals surface area contributed by atoms with Crippen LogP contribution in [0.4, 0.5) is 0 Å². The second-order valence-corrected chi connectivity index (χ2v) is 4.39. The van der Waals surface area contributed by atoms with Crippen molar-refractivity contribution in [3.05, 3.63) is 17.7 Å². The molecule has 1 rings (SSSR count). The van der Waals surface area contributed by atoms with E-state index >= 15 is 0 Å². The Balaban J connectivity index is 3.10. The summed E-state index contributed by atoms with van der Waals surface area (Å²) in [5, 5.41) is 0. The van der Waals surface area contributed by atoms with E-state index in [9.17, 15) is 0 Å². The van der Waals surface area contributed by atoms with Crippen LogP contribution in [0.3, 0.4) is 0 Å². The van der Waals surface area contributed by atoms with Crippen molar-refractivity contribution in [2.24, 2.45) is 0 Å². The lowest BCUT2D eigenvalue weighted by Crippen LogP contribution is -2.19. The maximum absolute atomic E-state index is 5.85. The summed E-state index contributed by atoms with van der Waals surface area (Å²) >= 11 is 4.46. The molecule has 0 saturated heterocycles. The molecule has 0 aliphatic heterocycles. The van der Waals surface area contributed by atoms with Gasteiger partial charge in [-0.3, -0.25) is 0 Å². The minimum atomic E-state index is 0.522. The number of benzene rings is 1. The van der Waals surface area contributed by atoms with Gasteiger partial charge >= 0.3 is 0 Å². The summed E-state index contributed by atoms with van der Waals surface area (Å²) in [7, 11) is 11.7. The highest BCUT2D eigenvalue weighted by molar-refractivity contribution is 7.80. The standard InChI is InChI=1S/C12H16B2S/c1-3-5-8(4-2)10-6-9(13)7-11(14)12(10)15/h6-8,15H,3-5H2,1-2H3. The summed E-state index contributed by atoms with van der Waals surface area (Å²) < 4.78 is 0. The quantitative estimate of drug-likeness (QED) is 0.573. The van der Waals surface area contributed by atoms with Crippen molar-refractivity contribution in [1.29, 1.82) is 0 Å². The molecule has 0 fully saturated rings. The molecule has 1 atom stereocenters. The largest absolute Gasteiger partial charge is 0.144 e. The second kappa shape index (κ2) is 5.69. The zero-order chi connectivity index (χ0) is 11.4. The molecule has 76 valence electrons. The molecule has 0 aliphatic rings. The Labute approximate surface area is 101 Å². The second-order valence-electron chi connectivity index (χ2n) is 3.94. The normalized spacial score (nSPS) is 12.7. The zero-order valence-electron chi connectivity index (χ0n) is 9.46. The van der Waals surface area contributed by atoms with Crippen LogP contribution < -0.4 is 10.9 Å². The van der Waals surface area contributed by atoms with Gasteiger partial charge in [0.2, 0.25) is 0 Å². The van der Waals surface area contributed by atoms with Gasteiger partial charge < -0.3 is 0 Å². The van der Waals surface area contributed by atoms with Crippen LogP contribution in [0.5, 0.6) is 0 Å². The molecule has 3 heteroatoms. The van der Waals surface area contributed by atoms with Gasteiger partial charge in [-0.1, -0.05) is 43.3 Å². The molecule has 4 radical (unpaired) electrons. The van der Waals surface area contributed by atoms with Crippen molar-refractivity contribution in [3.8, 4) is 0 Å². The number of thiol groups is 1. The number of rotatable bonds is 4. The van der Waals surface area contributed by atoms with Gasteiger partial charge in [0.1, 0.15) is 15.7 Å². The van der Waals surface area contributed by atoms with Gasteiger partial charge in [-0.2, -0.15) is 0 Å². The highest BCUT2D eigenvalue weighted by Crippen LogP contribution is 2.27. The predicted molar refractivity (Wildman–Crippen MR) is 72.4 cm³/mol. The summed E-state index contributed by atoms with van der Waals surface area (Å²) in [6, 6.07) is 3.77. The van der Waals surface area contributed by atoms with Gasteiger partial charge in [-0.25, -0.2) is 0 Å². The van der Waals surface area contributed by atoms with Gasteiger partial charge in [0.05, 0.1) is 0 Å². The Morgan fingerprint density at radius 1 is 1.27 bits per heavy atom. The van der Waals surface area contributed by atoms with E-state index in [1.165, 1.54) is 12.0 Å². The third-order valence-electron chi connectivity index (χ3n) is 2.76. The van der Waals surface area contributed by atoms with Gasteiger partial charge in [0.25, 0.3) is 0 Å². The minimum Gasteiger partial charge on any atom is -0.144 e. The van der Waals surface area contributed by atoms with Crippen LogP contribution in [-0.2, 0) is 0 Å². The lowest BCUT2D eigenvalue weighted by atomic mass is 9.81. The van der Waals surface area contributed by atoms with Crippen LogP contribution in [0, 0.1) is 0 Å². The fraction of sp³-hybridized carbons (Fsp3) is 0.500. The van der Waals surface area contributed by atoms with Crippen LogP contribution in [0.15, 0.2) is 17.0 Å². The van der Waals surface area contributed by atoms with Gasteiger partial charge in [-0.05, 0) is 24.3 Å². The Morgan fingerprint density at radius 2 is 1.93 bits per heavy atom. The molecule has 1 unspecified atom stereocenters. The third-order valence-corrected chi connectivity index (χ3v) is 3.28. The summed E-state index contributed by atoms with van der Waals surface area (Å²) in [5.41, 5.74) is 2.61. The van der Waals surface area contributed by atoms with Crippen molar-refractivity contribution in [2.75, 3.05) is 0 Å². The fourth-order valence-electron chi connectivity index (χ4n) is 1.94. The zero-order valence-corrected chi connectivity index (χ0v) is 10.3. The summed E-state index contributed by atoms with van der Waals surface area (Å²) in [6.45, 7) is 4.38. The Morgan fingerprint density at radius 3 is 2.47 bits per heavy atom. The molecule has 15 heavy (non-hydrogen) atoms. The predicted octanol–water partition coefficient (Wildman–Crippen LogP) is 1.86. The summed E-state index contributed by atoms with van der Waals surface area (Å²) in [4.78, 5) is 0.893. The number of hydrogen-bond donors (Lipinski definition) is 1. The third kappa shape index (κ3) is 3.07. The van der Waals surface area contributed by atoms with E-state index in [2.05, 4.69) is 26.5 Å². The first-order valence-corrected chi connectivity index (χ1v) is 5.92. The molecule has 0 aromatic heterocycles. The molecule has 0 saturated carbocycles. The first-order valence-electron chi connectivity index (χ1n) is 5.48. The highest BCUT2D eigenvalue weighted by atomic mass is 32.1. The van der Waals surface area contributed by atoms with E-state index in [1.54, 1.807) is 6.07 Å². The van der Waals surface area contributed by atoms with E-state index in [1.807, 2.05) is 6.07 Å². The van der Waals surface area contributed by atoms with Crippen molar-refractivity contribution >= 4 is 39.2 Å². The topological polar surface area (TPSA) is 0 Å². The Kier molecular flexibility index (Phi) is 4.85. The average molecular weight is 214 g/mol. The maximum atomic E-state index is 5.85. The molecule has 0 aliphatic carbocycles. The van der Waals surface area contributed by atoms with Gasteiger partial charge in [-0.15, -0.1) is 12.6 Å². The molecule has 0 spiro atoms. The van der Waals surface area contributed by atoms with Crippen LogP contribution in [0.2, 0.25) is 0 Å². The van der Waals surface area contributed by atoms with Crippen LogP contribution >= 0.6 is 12.6 Å². The van der Waals surface area contributed by atoms with Gasteiger partial charge in [0.15, 0.2) is 0 Å². The monoisotopic (exact) mass is 214 g/mol. The Hall–Kier alpha value is -0.300. The van der Waals surface area contributed by atoms with Crippen LogP contribution in [0.25, 0.3) is 0 Å². The SMILES string of the molecule is [B]c1cc([B])c(S)c(C(CC)CCC)c1. The fourth-order valence-corrected chi connectivity index (χ4v) is 2.26. The smallest absolute Gasteiger partial charge is 0.115 e. The van der Waals surface area contributed by atoms with E-state index in [0.29, 0.717) is 11.4 Å². The van der Waals surface area contributed by atoms with Crippen molar-refractivity contribution in [3.63, 3.8) is 0 Å². The van der Waals surface area contributed by atoms with E-state index in [0.717, 1.165) is 23.2 Å². The maximum Gasteiger partial charge on any atom is 0.115 e. The van der Waals surface area contributed by atoms with Gasteiger partial charge in [0, 0.05) is 4.90 Å². The molecular formula is C12H16B2S. The molecule has 1 aromatic rings. The van der Waals surface area contributed by atoms with Crippen LogP contribution in [0.1, 0.15) is 44.6 Å². The lowest BCUT2D eigenvalue weighted by Gasteiger charge is -2.19. The van der Waals surface area contributed by atoms with Crippen molar-refractivity contribution in [1.82, 2.24) is 0 Å². The Bertz CT molecular complexity index is 337. The highest BCUT2D eigenvalue weighted by Gasteiger charge is 2.12. The van der Waals surface area contributed by atoms with E-state index in [4.69, 9.17) is 15.7 Å². The molecule has 0 N–H and O–H groups in total. The van der Waals surface area contributed by atoms with Crippen molar-refractivity contribution < 1.29 is 0 Å². The first-order chi connectivity index (χ1) is 7.10. The molecule has 0 bridgehead atoms. The molecule has 0 nitrogen and oxygen atoms in total. The van der Waals surface area contributed by atoms with E-state index < -0.39 is 0 Å². The first kappa shape index (κ1) is 12.8. The molecular weight excluding hydrogens is 198 g/mol. The lowest BCUT2D eigenvalue weighted by molar-refractivity contribution is 0.589. The summed E-state index contributed by atoms with van der Waals surface area (Å²) in [6.07, 6.45) is 3.43. The van der Waals surface area contributed by atoms with Crippen LogP contribution in [-0.4, -0.2) is 15.7 Å². The average Bonchev–Trinajstić information content (AvgIpc) is 2.20. The molecule has 1 aromatic carbocycles. The number of hydrogen-bond acceptors (Lipinski definition) is 1. The molecule has 0 heterocycles. The molecule has 0 amide bonds. The summed E-state index contributed by atoms with van der Waals surface area (Å²) in [5.74, 6) is 0.522. The van der Waals surface area contributed by atoms with E-state index in [-0.39, 0.29) is 0 Å². The van der Waals surface area contributed by atoms with Crippen molar-refractivity contribution in [2.45, 2.75) is 43.9 Å².